The third kappa shape index (κ3) is 4.38. The summed E-state index contributed by atoms with van der Waals surface area (Å²) in [5.74, 6) is 0.0385. The van der Waals surface area contributed by atoms with E-state index in [1.807, 2.05) is 38.1 Å². The third-order valence-corrected chi connectivity index (χ3v) is 4.77. The summed E-state index contributed by atoms with van der Waals surface area (Å²) < 4.78 is 16.9. The number of carboxylic acids is 1. The van der Waals surface area contributed by atoms with Crippen molar-refractivity contribution in [3.05, 3.63) is 75.1 Å². The van der Waals surface area contributed by atoms with Crippen molar-refractivity contribution in [2.75, 3.05) is 7.11 Å². The van der Waals surface area contributed by atoms with Gasteiger partial charge >= 0.3 is 11.6 Å². The van der Waals surface area contributed by atoms with Crippen molar-refractivity contribution >= 4 is 23.0 Å². The van der Waals surface area contributed by atoms with Gasteiger partial charge in [-0.3, -0.25) is 0 Å². The molecule has 3 aromatic rings. The summed E-state index contributed by atoms with van der Waals surface area (Å²) in [6.07, 6.45) is 5.29. The van der Waals surface area contributed by atoms with Gasteiger partial charge in [0.15, 0.2) is 0 Å². The van der Waals surface area contributed by atoms with Gasteiger partial charge in [-0.05, 0) is 43.2 Å². The van der Waals surface area contributed by atoms with Gasteiger partial charge in [-0.25, -0.2) is 9.59 Å². The van der Waals surface area contributed by atoms with Crippen LogP contribution in [0.1, 0.15) is 47.3 Å². The number of ether oxygens (including phenoxy) is 2. The summed E-state index contributed by atoms with van der Waals surface area (Å²) in [4.78, 5) is 23.3. The number of rotatable bonds is 8. The molecular weight excluding hydrogens is 384 g/mol. The van der Waals surface area contributed by atoms with Gasteiger partial charge in [-0.1, -0.05) is 31.6 Å². The monoisotopic (exact) mass is 408 g/mol. The zero-order valence-corrected chi connectivity index (χ0v) is 17.2. The molecule has 1 N–H and O–H groups in total. The Morgan fingerprint density at radius 3 is 2.63 bits per heavy atom. The SMILES string of the molecule is C/C=C\c1cc(=O)oc2c(CCC)c(OCc3ccc(C(=O)O)cc3OC)ccc12. The molecule has 0 aliphatic carbocycles. The number of methoxy groups -OCH3 is 1. The lowest BCUT2D eigenvalue weighted by atomic mass is 10.0. The summed E-state index contributed by atoms with van der Waals surface area (Å²) in [6, 6.07) is 9.89. The second-order valence-corrected chi connectivity index (χ2v) is 6.81. The van der Waals surface area contributed by atoms with Crippen LogP contribution < -0.4 is 15.1 Å². The first-order valence-electron chi connectivity index (χ1n) is 9.73. The van der Waals surface area contributed by atoms with Crippen molar-refractivity contribution in [1.29, 1.82) is 0 Å². The number of aryl methyl sites for hydroxylation is 1. The van der Waals surface area contributed by atoms with Crippen LogP contribution in [0.5, 0.6) is 11.5 Å². The van der Waals surface area contributed by atoms with Crippen molar-refractivity contribution < 1.29 is 23.8 Å². The molecule has 3 rings (SSSR count). The number of benzene rings is 2. The molecule has 0 saturated carbocycles. The molecule has 0 aliphatic heterocycles. The first kappa shape index (κ1) is 21.2. The Hall–Kier alpha value is -3.54. The number of fused-ring (bicyclic) bond motifs is 1. The fraction of sp³-hybridized carbons (Fsp3) is 0.250. The number of aromatic carboxylic acids is 1. The van der Waals surface area contributed by atoms with Crippen LogP contribution in [0.2, 0.25) is 0 Å². The van der Waals surface area contributed by atoms with Crippen molar-refractivity contribution in [2.45, 2.75) is 33.3 Å². The van der Waals surface area contributed by atoms with Gasteiger partial charge in [0.05, 0.1) is 12.7 Å². The zero-order valence-electron chi connectivity index (χ0n) is 17.2. The lowest BCUT2D eigenvalue weighted by Crippen LogP contribution is -2.05. The molecule has 0 saturated heterocycles. The van der Waals surface area contributed by atoms with E-state index in [-0.39, 0.29) is 12.2 Å². The van der Waals surface area contributed by atoms with E-state index in [2.05, 4.69) is 0 Å². The van der Waals surface area contributed by atoms with Crippen LogP contribution in [0.4, 0.5) is 0 Å². The second-order valence-electron chi connectivity index (χ2n) is 6.81. The van der Waals surface area contributed by atoms with E-state index in [4.69, 9.17) is 19.0 Å². The summed E-state index contributed by atoms with van der Waals surface area (Å²) in [5.41, 5.74) is 2.62. The predicted octanol–water partition coefficient (Wildman–Crippen LogP) is 5.06. The maximum Gasteiger partial charge on any atom is 0.336 e. The Labute approximate surface area is 174 Å². The summed E-state index contributed by atoms with van der Waals surface area (Å²) in [5, 5.41) is 10.0. The lowest BCUT2D eigenvalue weighted by Gasteiger charge is -2.15. The van der Waals surface area contributed by atoms with Gasteiger partial charge in [0.2, 0.25) is 0 Å². The van der Waals surface area contributed by atoms with Crippen LogP contribution in [0.15, 0.2) is 51.7 Å². The van der Waals surface area contributed by atoms with Gasteiger partial charge in [-0.2, -0.15) is 0 Å². The van der Waals surface area contributed by atoms with Gasteiger partial charge in [-0.15, -0.1) is 0 Å². The van der Waals surface area contributed by atoms with Crippen molar-refractivity contribution in [2.24, 2.45) is 0 Å². The van der Waals surface area contributed by atoms with Gasteiger partial charge < -0.3 is 19.0 Å². The molecule has 0 fully saturated rings. The molecule has 6 nitrogen and oxygen atoms in total. The van der Waals surface area contributed by atoms with Crippen molar-refractivity contribution in [3.63, 3.8) is 0 Å². The van der Waals surface area contributed by atoms with Crippen LogP contribution in [0, 0.1) is 0 Å². The molecule has 156 valence electrons. The van der Waals surface area contributed by atoms with Crippen LogP contribution in [-0.4, -0.2) is 18.2 Å². The van der Waals surface area contributed by atoms with E-state index >= 15 is 0 Å². The smallest absolute Gasteiger partial charge is 0.336 e. The maximum atomic E-state index is 12.1. The zero-order chi connectivity index (χ0) is 21.7. The Balaban J connectivity index is 2.01. The fourth-order valence-corrected chi connectivity index (χ4v) is 3.38. The summed E-state index contributed by atoms with van der Waals surface area (Å²) in [7, 11) is 1.49. The number of hydrogen-bond donors (Lipinski definition) is 1. The average Bonchev–Trinajstić information content (AvgIpc) is 2.73. The van der Waals surface area contributed by atoms with Crippen molar-refractivity contribution in [3.8, 4) is 11.5 Å². The molecule has 0 atom stereocenters. The van der Waals surface area contributed by atoms with Crippen LogP contribution in [-0.2, 0) is 13.0 Å². The summed E-state index contributed by atoms with van der Waals surface area (Å²) in [6.45, 7) is 4.13. The molecule has 1 aromatic heterocycles. The number of carbonyl (C=O) groups is 1. The molecule has 0 spiro atoms. The highest BCUT2D eigenvalue weighted by atomic mass is 16.5. The minimum Gasteiger partial charge on any atom is -0.496 e. The fourth-order valence-electron chi connectivity index (χ4n) is 3.38. The molecule has 0 bridgehead atoms. The number of carboxylic acid groups (broad SMARTS) is 1. The number of allylic oxidation sites excluding steroid dienone is 1. The summed E-state index contributed by atoms with van der Waals surface area (Å²) >= 11 is 0. The van der Waals surface area contributed by atoms with Gasteiger partial charge in [0.1, 0.15) is 23.7 Å². The Morgan fingerprint density at radius 1 is 1.17 bits per heavy atom. The largest absolute Gasteiger partial charge is 0.496 e. The minimum atomic E-state index is -1.02. The van der Waals surface area contributed by atoms with Crippen LogP contribution in [0.25, 0.3) is 17.0 Å². The van der Waals surface area contributed by atoms with E-state index in [1.54, 1.807) is 6.07 Å². The molecule has 2 aromatic carbocycles. The van der Waals surface area contributed by atoms with Gasteiger partial charge in [0, 0.05) is 22.6 Å². The standard InChI is InChI=1S/C24H24O6/c1-4-6-15-13-22(25)30-23-18(15)10-11-20(19(23)7-5-2)29-14-17-9-8-16(24(26)27)12-21(17)28-3/h4,6,8-13H,5,7,14H2,1-3H3,(H,26,27)/b6-4-. The highest BCUT2D eigenvalue weighted by molar-refractivity contribution is 5.90. The second kappa shape index (κ2) is 9.31. The highest BCUT2D eigenvalue weighted by Crippen LogP contribution is 2.32. The van der Waals surface area contributed by atoms with E-state index in [9.17, 15) is 9.59 Å². The van der Waals surface area contributed by atoms with Crippen LogP contribution in [0.3, 0.4) is 0 Å². The maximum absolute atomic E-state index is 12.1. The first-order valence-corrected chi connectivity index (χ1v) is 9.73. The average molecular weight is 408 g/mol. The molecule has 0 radical (unpaired) electrons. The third-order valence-electron chi connectivity index (χ3n) is 4.77. The molecule has 0 amide bonds. The molecule has 1 heterocycles. The molecule has 6 heteroatoms. The molecule has 0 unspecified atom stereocenters. The van der Waals surface area contributed by atoms with E-state index < -0.39 is 11.6 Å². The Morgan fingerprint density at radius 2 is 1.97 bits per heavy atom. The molecule has 0 aliphatic rings. The topological polar surface area (TPSA) is 86.0 Å². The molecule has 30 heavy (non-hydrogen) atoms. The van der Waals surface area contributed by atoms with E-state index in [0.29, 0.717) is 29.1 Å². The van der Waals surface area contributed by atoms with E-state index in [1.165, 1.54) is 25.3 Å². The lowest BCUT2D eigenvalue weighted by molar-refractivity contribution is 0.0696. The minimum absolute atomic E-state index is 0.145. The highest BCUT2D eigenvalue weighted by Gasteiger charge is 2.15. The Bertz CT molecular complexity index is 1160. The van der Waals surface area contributed by atoms with E-state index in [0.717, 1.165) is 22.9 Å². The number of hydrogen-bond acceptors (Lipinski definition) is 5. The van der Waals surface area contributed by atoms with Gasteiger partial charge in [0.25, 0.3) is 0 Å². The molecular formula is C24H24O6. The first-order chi connectivity index (χ1) is 14.5. The normalized spacial score (nSPS) is 11.2. The van der Waals surface area contributed by atoms with Crippen molar-refractivity contribution in [1.82, 2.24) is 0 Å². The Kier molecular flexibility index (Phi) is 6.57. The predicted molar refractivity (Wildman–Crippen MR) is 115 cm³/mol. The quantitative estimate of drug-likeness (QED) is 0.524. The van der Waals surface area contributed by atoms with Crippen LogP contribution >= 0.6 is 0 Å².